The molecule has 2 N–H and O–H groups in total. The smallest absolute Gasteiger partial charge is 0.258 e. The van der Waals surface area contributed by atoms with Crippen molar-refractivity contribution in [1.82, 2.24) is 5.16 Å². The van der Waals surface area contributed by atoms with Gasteiger partial charge in [0.2, 0.25) is 5.91 Å². The minimum Gasteiger partial charge on any atom is -0.360 e. The first kappa shape index (κ1) is 22.3. The van der Waals surface area contributed by atoms with Crippen LogP contribution >= 0.6 is 11.8 Å². The van der Waals surface area contributed by atoms with Crippen LogP contribution in [0.15, 0.2) is 94.3 Å². The summed E-state index contributed by atoms with van der Waals surface area (Å²) in [7, 11) is 0. The van der Waals surface area contributed by atoms with E-state index in [0.29, 0.717) is 17.3 Å². The largest absolute Gasteiger partial charge is 0.360 e. The number of aryl methyl sites for hydroxylation is 1. The van der Waals surface area contributed by atoms with Gasteiger partial charge in [-0.05, 0) is 42.8 Å². The molecule has 0 spiro atoms. The van der Waals surface area contributed by atoms with E-state index >= 15 is 0 Å². The normalized spacial score (nSPS) is 11.6. The van der Waals surface area contributed by atoms with Gasteiger partial charge in [0.05, 0.1) is 5.56 Å². The van der Waals surface area contributed by atoms with Gasteiger partial charge in [0.25, 0.3) is 5.91 Å². The molecule has 2 amide bonds. The molecule has 4 aromatic rings. The van der Waals surface area contributed by atoms with E-state index in [-0.39, 0.29) is 11.5 Å². The number of aromatic nitrogens is 1. The second-order valence-electron chi connectivity index (χ2n) is 7.18. The number of anilines is 2. The van der Waals surface area contributed by atoms with Crippen LogP contribution in [0.1, 0.15) is 26.9 Å². The summed E-state index contributed by atoms with van der Waals surface area (Å²) in [4.78, 5) is 26.3. The van der Waals surface area contributed by atoms with E-state index < -0.39 is 17.0 Å². The lowest BCUT2D eigenvalue weighted by Crippen LogP contribution is -2.19. The molecule has 0 aliphatic carbocycles. The van der Waals surface area contributed by atoms with E-state index in [1.165, 1.54) is 30.0 Å². The molecule has 0 aliphatic heterocycles. The van der Waals surface area contributed by atoms with Gasteiger partial charge in [-0.1, -0.05) is 53.7 Å². The predicted molar refractivity (Wildman–Crippen MR) is 126 cm³/mol. The Labute approximate surface area is 194 Å². The van der Waals surface area contributed by atoms with Crippen molar-refractivity contribution in [1.29, 1.82) is 0 Å². The number of hydrogen-bond donors (Lipinski definition) is 2. The Hall–Kier alpha value is -3.91. The van der Waals surface area contributed by atoms with Crippen molar-refractivity contribution < 1.29 is 18.5 Å². The molecule has 166 valence electrons. The maximum Gasteiger partial charge on any atom is 0.258 e. The van der Waals surface area contributed by atoms with Gasteiger partial charge in [-0.15, -0.1) is 11.8 Å². The standard InChI is InChI=1S/C25H20FN3O3S/c1-16-14-22(29-32-16)28-25(31)23(17-8-3-2-4-9-17)33-19-11-7-10-18(15-19)27-24(30)20-12-5-6-13-21(20)26/h2-15,23H,1H3,(H,27,30)(H,28,29,31). The summed E-state index contributed by atoms with van der Waals surface area (Å²) in [5.74, 6) is -0.476. The Bertz CT molecular complexity index is 1280. The van der Waals surface area contributed by atoms with Crippen LogP contribution in [0.25, 0.3) is 0 Å². The number of nitrogens with one attached hydrogen (secondary N) is 2. The van der Waals surface area contributed by atoms with Crippen LogP contribution in [0.3, 0.4) is 0 Å². The average molecular weight is 462 g/mol. The van der Waals surface area contributed by atoms with Crippen LogP contribution in [-0.2, 0) is 4.79 Å². The van der Waals surface area contributed by atoms with Crippen molar-refractivity contribution in [3.63, 3.8) is 0 Å². The van der Waals surface area contributed by atoms with Crippen molar-refractivity contribution in [3.05, 3.63) is 108 Å². The molecule has 0 saturated heterocycles. The zero-order chi connectivity index (χ0) is 23.2. The number of halogens is 1. The van der Waals surface area contributed by atoms with Gasteiger partial charge >= 0.3 is 0 Å². The molecule has 0 bridgehead atoms. The molecule has 1 aromatic heterocycles. The SMILES string of the molecule is Cc1cc(NC(=O)C(Sc2cccc(NC(=O)c3ccccc3F)c2)c2ccccc2)no1. The summed E-state index contributed by atoms with van der Waals surface area (Å²) in [6.45, 7) is 1.74. The van der Waals surface area contributed by atoms with E-state index in [1.54, 1.807) is 37.3 Å². The Morgan fingerprint density at radius 3 is 2.42 bits per heavy atom. The van der Waals surface area contributed by atoms with Gasteiger partial charge in [0.1, 0.15) is 16.8 Å². The zero-order valence-corrected chi connectivity index (χ0v) is 18.4. The fourth-order valence-electron chi connectivity index (χ4n) is 3.14. The molecule has 0 radical (unpaired) electrons. The minimum absolute atomic E-state index is 0.0417. The number of carbonyl (C=O) groups excluding carboxylic acids is 2. The fraction of sp³-hybridized carbons (Fsp3) is 0.0800. The Morgan fingerprint density at radius 1 is 0.939 bits per heavy atom. The molecule has 4 rings (SSSR count). The van der Waals surface area contributed by atoms with Gasteiger partial charge < -0.3 is 15.2 Å². The molecule has 0 fully saturated rings. The van der Waals surface area contributed by atoms with E-state index in [0.717, 1.165) is 10.5 Å². The number of nitrogens with zero attached hydrogens (tertiary/aromatic N) is 1. The molecule has 0 saturated carbocycles. The number of benzene rings is 3. The number of thioether (sulfide) groups is 1. The number of hydrogen-bond acceptors (Lipinski definition) is 5. The van der Waals surface area contributed by atoms with Gasteiger partial charge in [0, 0.05) is 16.6 Å². The van der Waals surface area contributed by atoms with Crippen LogP contribution in [0.2, 0.25) is 0 Å². The molecule has 1 unspecified atom stereocenters. The molecular weight excluding hydrogens is 441 g/mol. The first-order chi connectivity index (χ1) is 16.0. The molecule has 8 heteroatoms. The average Bonchev–Trinajstić information content (AvgIpc) is 3.23. The molecule has 3 aromatic carbocycles. The molecule has 6 nitrogen and oxygen atoms in total. The van der Waals surface area contributed by atoms with Crippen LogP contribution < -0.4 is 10.6 Å². The topological polar surface area (TPSA) is 84.2 Å². The third-order valence-corrected chi connectivity index (χ3v) is 5.93. The first-order valence-electron chi connectivity index (χ1n) is 10.1. The molecule has 1 atom stereocenters. The molecule has 33 heavy (non-hydrogen) atoms. The monoisotopic (exact) mass is 461 g/mol. The van der Waals surface area contributed by atoms with E-state index in [2.05, 4.69) is 15.8 Å². The molecule has 0 aliphatic rings. The highest BCUT2D eigenvalue weighted by atomic mass is 32.2. The Morgan fingerprint density at radius 2 is 1.70 bits per heavy atom. The highest BCUT2D eigenvalue weighted by molar-refractivity contribution is 8.00. The summed E-state index contributed by atoms with van der Waals surface area (Å²) in [5, 5.41) is 8.73. The summed E-state index contributed by atoms with van der Waals surface area (Å²) >= 11 is 1.32. The second kappa shape index (κ2) is 10.1. The summed E-state index contributed by atoms with van der Waals surface area (Å²) in [6, 6.07) is 23.8. The third-order valence-electron chi connectivity index (χ3n) is 4.68. The predicted octanol–water partition coefficient (Wildman–Crippen LogP) is 5.85. The lowest BCUT2D eigenvalue weighted by molar-refractivity contribution is -0.115. The zero-order valence-electron chi connectivity index (χ0n) is 17.6. The van der Waals surface area contributed by atoms with Gasteiger partial charge in [0.15, 0.2) is 5.82 Å². The Kier molecular flexibility index (Phi) is 6.85. The minimum atomic E-state index is -0.593. The van der Waals surface area contributed by atoms with E-state index in [9.17, 15) is 14.0 Å². The van der Waals surface area contributed by atoms with Crippen LogP contribution in [-0.4, -0.2) is 17.0 Å². The number of carbonyl (C=O) groups is 2. The first-order valence-corrected chi connectivity index (χ1v) is 11.0. The summed E-state index contributed by atoms with van der Waals surface area (Å²) in [5.41, 5.74) is 1.26. The highest BCUT2D eigenvalue weighted by Gasteiger charge is 2.23. The van der Waals surface area contributed by atoms with E-state index in [1.807, 2.05) is 36.4 Å². The van der Waals surface area contributed by atoms with Gasteiger partial charge in [-0.3, -0.25) is 9.59 Å². The quantitative estimate of drug-likeness (QED) is 0.338. The van der Waals surface area contributed by atoms with Crippen LogP contribution in [0.4, 0.5) is 15.9 Å². The van der Waals surface area contributed by atoms with Crippen molar-refractivity contribution in [2.24, 2.45) is 0 Å². The van der Waals surface area contributed by atoms with Crippen molar-refractivity contribution >= 4 is 35.1 Å². The lowest BCUT2D eigenvalue weighted by Gasteiger charge is -2.17. The van der Waals surface area contributed by atoms with Crippen LogP contribution in [0, 0.1) is 12.7 Å². The molecular formula is C25H20FN3O3S. The third kappa shape index (κ3) is 5.67. The number of rotatable bonds is 7. The lowest BCUT2D eigenvalue weighted by atomic mass is 10.1. The summed E-state index contributed by atoms with van der Waals surface area (Å²) < 4.78 is 19.0. The second-order valence-corrected chi connectivity index (χ2v) is 8.36. The summed E-state index contributed by atoms with van der Waals surface area (Å²) in [6.07, 6.45) is 0. The van der Waals surface area contributed by atoms with Gasteiger partial charge in [-0.25, -0.2) is 4.39 Å². The maximum absolute atomic E-state index is 13.9. The van der Waals surface area contributed by atoms with Crippen molar-refractivity contribution in [2.75, 3.05) is 10.6 Å². The molecule has 1 heterocycles. The maximum atomic E-state index is 13.9. The van der Waals surface area contributed by atoms with E-state index in [4.69, 9.17) is 4.52 Å². The Balaban J connectivity index is 1.54. The van der Waals surface area contributed by atoms with Crippen molar-refractivity contribution in [3.8, 4) is 0 Å². The fourth-order valence-corrected chi connectivity index (χ4v) is 4.23. The van der Waals surface area contributed by atoms with Crippen LogP contribution in [0.5, 0.6) is 0 Å². The van der Waals surface area contributed by atoms with Gasteiger partial charge in [-0.2, -0.15) is 0 Å². The highest BCUT2D eigenvalue weighted by Crippen LogP contribution is 2.37. The number of amides is 2. The van der Waals surface area contributed by atoms with Crippen molar-refractivity contribution in [2.45, 2.75) is 17.1 Å².